The lowest BCUT2D eigenvalue weighted by Gasteiger charge is -2.00. The summed E-state index contributed by atoms with van der Waals surface area (Å²) in [5, 5.41) is 18.3. The fourth-order valence-electron chi connectivity index (χ4n) is 2.57. The van der Waals surface area contributed by atoms with Crippen molar-refractivity contribution in [3.63, 3.8) is 0 Å². The number of aromatic hydroxyl groups is 2. The molecule has 4 nitrogen and oxygen atoms in total. The van der Waals surface area contributed by atoms with Crippen LogP contribution in [0.1, 0.15) is 31.8 Å². The van der Waals surface area contributed by atoms with E-state index in [-0.39, 0.29) is 11.1 Å². The zero-order valence-electron chi connectivity index (χ0n) is 15.5. The molecule has 3 rings (SSSR count). The number of phenols is 2. The lowest BCUT2D eigenvalue weighted by molar-refractivity contribution is 0.103. The Balaban J connectivity index is 1.65. The van der Waals surface area contributed by atoms with Gasteiger partial charge in [0.05, 0.1) is 0 Å². The predicted molar refractivity (Wildman–Crippen MR) is 109 cm³/mol. The highest BCUT2D eigenvalue weighted by atomic mass is 19.1. The van der Waals surface area contributed by atoms with Crippen molar-refractivity contribution in [1.29, 1.82) is 0 Å². The number of carbonyl (C=O) groups is 2. The molecule has 150 valence electrons. The Kier molecular flexibility index (Phi) is 6.17. The SMILES string of the molecule is O=C(/C=C/c1ccc(/C=C/C(=O)c2ccc(O)c(F)c2)cc1)c1ccc(O)c(F)c1. The summed E-state index contributed by atoms with van der Waals surface area (Å²) in [5.41, 5.74) is 1.66. The average Bonchev–Trinajstić information content (AvgIpc) is 2.74. The van der Waals surface area contributed by atoms with Gasteiger partial charge in [-0.2, -0.15) is 0 Å². The molecule has 30 heavy (non-hydrogen) atoms. The van der Waals surface area contributed by atoms with Crippen LogP contribution in [0.15, 0.2) is 72.8 Å². The van der Waals surface area contributed by atoms with Crippen molar-refractivity contribution in [3.8, 4) is 11.5 Å². The number of hydrogen-bond donors (Lipinski definition) is 2. The molecule has 0 aliphatic rings. The van der Waals surface area contributed by atoms with Crippen LogP contribution in [0.5, 0.6) is 11.5 Å². The second-order valence-electron chi connectivity index (χ2n) is 6.39. The van der Waals surface area contributed by atoms with E-state index in [0.29, 0.717) is 11.1 Å². The molecular weight excluding hydrogens is 390 g/mol. The third-order valence-corrected chi connectivity index (χ3v) is 4.26. The van der Waals surface area contributed by atoms with Gasteiger partial charge in [0, 0.05) is 11.1 Å². The minimum absolute atomic E-state index is 0.116. The second kappa shape index (κ2) is 8.96. The molecule has 0 saturated heterocycles. The Morgan fingerprint density at radius 1 is 0.633 bits per heavy atom. The summed E-state index contributed by atoms with van der Waals surface area (Å²) in [4.78, 5) is 24.2. The smallest absolute Gasteiger partial charge is 0.185 e. The Morgan fingerprint density at radius 3 is 1.33 bits per heavy atom. The van der Waals surface area contributed by atoms with E-state index < -0.39 is 34.7 Å². The van der Waals surface area contributed by atoms with Gasteiger partial charge in [-0.05, 0) is 59.7 Å². The molecule has 0 spiro atoms. The number of halogens is 2. The molecule has 3 aromatic rings. The topological polar surface area (TPSA) is 74.6 Å². The van der Waals surface area contributed by atoms with Gasteiger partial charge in [-0.1, -0.05) is 36.4 Å². The third kappa shape index (κ3) is 5.05. The van der Waals surface area contributed by atoms with E-state index in [9.17, 15) is 18.4 Å². The Morgan fingerprint density at radius 2 is 1.00 bits per heavy atom. The summed E-state index contributed by atoms with van der Waals surface area (Å²) >= 11 is 0. The molecule has 0 bridgehead atoms. The number of allylic oxidation sites excluding steroid dienone is 2. The van der Waals surface area contributed by atoms with Gasteiger partial charge in [-0.15, -0.1) is 0 Å². The maximum atomic E-state index is 13.3. The van der Waals surface area contributed by atoms with E-state index in [1.165, 1.54) is 24.3 Å². The molecule has 0 aliphatic heterocycles. The van der Waals surface area contributed by atoms with Crippen LogP contribution in [0.4, 0.5) is 8.78 Å². The fourth-order valence-corrected chi connectivity index (χ4v) is 2.57. The molecule has 0 radical (unpaired) electrons. The van der Waals surface area contributed by atoms with Crippen molar-refractivity contribution in [2.45, 2.75) is 0 Å². The summed E-state index contributed by atoms with van der Waals surface area (Å²) in [7, 11) is 0. The van der Waals surface area contributed by atoms with Crippen LogP contribution in [0, 0.1) is 11.6 Å². The lowest BCUT2D eigenvalue weighted by atomic mass is 10.1. The van der Waals surface area contributed by atoms with Gasteiger partial charge in [0.15, 0.2) is 34.7 Å². The summed E-state index contributed by atoms with van der Waals surface area (Å²) in [6.45, 7) is 0. The first kappa shape index (κ1) is 20.7. The van der Waals surface area contributed by atoms with Crippen molar-refractivity contribution in [3.05, 3.63) is 107 Å². The molecule has 6 heteroatoms. The molecule has 2 N–H and O–H groups in total. The molecule has 0 amide bonds. The zero-order valence-corrected chi connectivity index (χ0v) is 15.5. The highest BCUT2D eigenvalue weighted by molar-refractivity contribution is 6.07. The Hall–Kier alpha value is -4.06. The van der Waals surface area contributed by atoms with Crippen LogP contribution < -0.4 is 0 Å². The van der Waals surface area contributed by atoms with Gasteiger partial charge in [0.25, 0.3) is 0 Å². The van der Waals surface area contributed by atoms with E-state index in [0.717, 1.165) is 24.3 Å². The second-order valence-corrected chi connectivity index (χ2v) is 6.39. The maximum absolute atomic E-state index is 13.3. The van der Waals surface area contributed by atoms with E-state index in [2.05, 4.69) is 0 Å². The summed E-state index contributed by atoms with van der Waals surface area (Å²) < 4.78 is 26.7. The van der Waals surface area contributed by atoms with Crippen molar-refractivity contribution in [2.24, 2.45) is 0 Å². The molecule has 0 aliphatic carbocycles. The highest BCUT2D eigenvalue weighted by Gasteiger charge is 2.07. The standard InChI is InChI=1S/C24H16F2O4/c25-19-13-17(7-11-23(19)29)21(27)9-5-15-1-2-16(4-3-15)6-10-22(28)18-8-12-24(30)20(26)14-18/h1-14,29-30H/b9-5+,10-6+. The molecule has 0 heterocycles. The van der Waals surface area contributed by atoms with Crippen molar-refractivity contribution >= 4 is 23.7 Å². The van der Waals surface area contributed by atoms with E-state index in [4.69, 9.17) is 10.2 Å². The number of ketones is 2. The third-order valence-electron chi connectivity index (χ3n) is 4.26. The van der Waals surface area contributed by atoms with Gasteiger partial charge in [-0.25, -0.2) is 8.78 Å². The van der Waals surface area contributed by atoms with Crippen molar-refractivity contribution < 1.29 is 28.6 Å². The fraction of sp³-hybridized carbons (Fsp3) is 0. The van der Waals surface area contributed by atoms with Gasteiger partial charge in [0.2, 0.25) is 0 Å². The van der Waals surface area contributed by atoms with E-state index >= 15 is 0 Å². The summed E-state index contributed by atoms with van der Waals surface area (Å²) in [5.74, 6) is -3.60. The average molecular weight is 406 g/mol. The van der Waals surface area contributed by atoms with E-state index in [1.54, 1.807) is 36.4 Å². The molecule has 0 atom stereocenters. The van der Waals surface area contributed by atoms with Crippen LogP contribution in [-0.2, 0) is 0 Å². The predicted octanol–water partition coefficient (Wildman–Crippen LogP) is 5.17. The minimum atomic E-state index is -0.866. The lowest BCUT2D eigenvalue weighted by Crippen LogP contribution is -1.95. The molecular formula is C24H16F2O4. The van der Waals surface area contributed by atoms with Gasteiger partial charge < -0.3 is 10.2 Å². The van der Waals surface area contributed by atoms with E-state index in [1.807, 2.05) is 0 Å². The zero-order chi connectivity index (χ0) is 21.7. The number of benzene rings is 3. The van der Waals surface area contributed by atoms with Gasteiger partial charge in [-0.3, -0.25) is 9.59 Å². The summed E-state index contributed by atoms with van der Waals surface area (Å²) in [6.07, 6.45) is 5.70. The van der Waals surface area contributed by atoms with Crippen LogP contribution in [0.2, 0.25) is 0 Å². The normalized spacial score (nSPS) is 11.3. The molecule has 0 fully saturated rings. The maximum Gasteiger partial charge on any atom is 0.185 e. The largest absolute Gasteiger partial charge is 0.505 e. The first-order valence-electron chi connectivity index (χ1n) is 8.85. The highest BCUT2D eigenvalue weighted by Crippen LogP contribution is 2.18. The first-order chi connectivity index (χ1) is 14.3. The molecule has 0 saturated carbocycles. The number of hydrogen-bond acceptors (Lipinski definition) is 4. The van der Waals surface area contributed by atoms with Crippen molar-refractivity contribution in [2.75, 3.05) is 0 Å². The number of carbonyl (C=O) groups excluding carboxylic acids is 2. The van der Waals surface area contributed by atoms with Crippen LogP contribution in [0.25, 0.3) is 12.2 Å². The number of phenolic OH excluding ortho intramolecular Hbond substituents is 2. The minimum Gasteiger partial charge on any atom is -0.505 e. The number of rotatable bonds is 6. The first-order valence-corrected chi connectivity index (χ1v) is 8.85. The molecule has 0 unspecified atom stereocenters. The van der Waals surface area contributed by atoms with Crippen LogP contribution in [-0.4, -0.2) is 21.8 Å². The Bertz CT molecular complexity index is 1070. The van der Waals surface area contributed by atoms with Crippen LogP contribution in [0.3, 0.4) is 0 Å². The molecule has 3 aromatic carbocycles. The van der Waals surface area contributed by atoms with Crippen molar-refractivity contribution in [1.82, 2.24) is 0 Å². The van der Waals surface area contributed by atoms with Crippen LogP contribution >= 0.6 is 0 Å². The Labute approximate surface area is 171 Å². The molecule has 0 aromatic heterocycles. The summed E-state index contributed by atoms with van der Waals surface area (Å²) in [6, 6.07) is 13.7. The monoisotopic (exact) mass is 406 g/mol. The quantitative estimate of drug-likeness (QED) is 0.438. The van der Waals surface area contributed by atoms with Gasteiger partial charge in [0.1, 0.15) is 0 Å². The van der Waals surface area contributed by atoms with Gasteiger partial charge >= 0.3 is 0 Å².